The van der Waals surface area contributed by atoms with Gasteiger partial charge in [-0.1, -0.05) is 103 Å². The molecule has 2 heteroatoms. The molecule has 1 aliphatic heterocycles. The Hall–Kier alpha value is -0.660. The number of unbranched alkanes of at least 4 members (excludes halogenated alkanes) is 15. The Balaban J connectivity index is 1.63. The number of aliphatic hydroxyl groups is 1. The molecule has 130 valence electrons. The number of allylic oxidation sites excluding steroid dienone is 1. The second kappa shape index (κ2) is 14.0. The van der Waals surface area contributed by atoms with Gasteiger partial charge in [0.05, 0.1) is 0 Å². The molecule has 22 heavy (non-hydrogen) atoms. The molecule has 0 saturated carbocycles. The van der Waals surface area contributed by atoms with E-state index in [0.29, 0.717) is 0 Å². The molecule has 1 heterocycles. The summed E-state index contributed by atoms with van der Waals surface area (Å²) in [6.07, 6.45) is 23.3. The highest BCUT2D eigenvalue weighted by Gasteiger charge is 2.22. The largest absolute Gasteiger partial charge is 0.478 e. The highest BCUT2D eigenvalue weighted by Crippen LogP contribution is 2.28. The number of hydrogen-bond acceptors (Lipinski definition) is 2. The zero-order valence-corrected chi connectivity index (χ0v) is 14.9. The summed E-state index contributed by atoms with van der Waals surface area (Å²) in [5.74, 6) is 1.01. The molecule has 1 aliphatic rings. The normalized spacial score (nSPS) is 13.5. The molecule has 0 radical (unpaired) electrons. The number of aliphatic hydroxyl groups excluding tert-OH is 1. The van der Waals surface area contributed by atoms with Crippen molar-refractivity contribution in [1.29, 1.82) is 0 Å². The number of rotatable bonds is 17. The van der Waals surface area contributed by atoms with Crippen LogP contribution in [-0.4, -0.2) is 5.11 Å². The third-order valence-electron chi connectivity index (χ3n) is 4.67. The minimum atomic E-state index is 0.181. The van der Waals surface area contributed by atoms with Gasteiger partial charge in [0.15, 0.2) is 5.76 Å². The minimum absolute atomic E-state index is 0.181. The highest BCUT2D eigenvalue weighted by atomic mass is 16.7. The fourth-order valence-electron chi connectivity index (χ4n) is 3.08. The first-order valence-corrected chi connectivity index (χ1v) is 9.94. The van der Waals surface area contributed by atoms with Crippen molar-refractivity contribution in [2.75, 3.05) is 0 Å². The summed E-state index contributed by atoms with van der Waals surface area (Å²) in [5.41, 5.74) is 0. The van der Waals surface area contributed by atoms with Crippen LogP contribution in [0.2, 0.25) is 0 Å². The van der Waals surface area contributed by atoms with Crippen LogP contribution in [0.4, 0.5) is 0 Å². The molecular weight excluding hydrogens is 272 g/mol. The first-order chi connectivity index (χ1) is 10.8. The summed E-state index contributed by atoms with van der Waals surface area (Å²) < 4.78 is 4.83. The number of hydrogen-bond donors (Lipinski definition) is 1. The van der Waals surface area contributed by atoms with Gasteiger partial charge in [-0.2, -0.15) is 0 Å². The van der Waals surface area contributed by atoms with E-state index >= 15 is 0 Å². The van der Waals surface area contributed by atoms with Crippen LogP contribution in [0.15, 0.2) is 11.7 Å². The lowest BCUT2D eigenvalue weighted by Gasteiger charge is -2.03. The summed E-state index contributed by atoms with van der Waals surface area (Å²) in [6, 6.07) is 0. The highest BCUT2D eigenvalue weighted by molar-refractivity contribution is 5.08. The maximum atomic E-state index is 8.91. The monoisotopic (exact) mass is 310 g/mol. The van der Waals surface area contributed by atoms with Gasteiger partial charge in [0.25, 0.3) is 0 Å². The van der Waals surface area contributed by atoms with Crippen molar-refractivity contribution in [2.45, 2.75) is 116 Å². The Morgan fingerprint density at radius 1 is 0.591 bits per heavy atom. The standard InChI is InChI=1S/C20H38O2/c1-2-3-4-5-6-7-8-9-10-11-12-13-14-15-16-17-18-19-20(21)22-19/h21H,2-18H2,1H3. The van der Waals surface area contributed by atoms with Crippen molar-refractivity contribution in [3.05, 3.63) is 11.7 Å². The first-order valence-electron chi connectivity index (χ1n) is 9.94. The van der Waals surface area contributed by atoms with Crippen molar-refractivity contribution in [2.24, 2.45) is 0 Å². The molecule has 0 fully saturated rings. The van der Waals surface area contributed by atoms with Crippen LogP contribution in [0.25, 0.3) is 0 Å². The average Bonchev–Trinajstić information content (AvgIpc) is 3.22. The summed E-state index contributed by atoms with van der Waals surface area (Å²) in [4.78, 5) is 0. The summed E-state index contributed by atoms with van der Waals surface area (Å²) >= 11 is 0. The van der Waals surface area contributed by atoms with Crippen molar-refractivity contribution in [3.63, 3.8) is 0 Å². The molecule has 0 amide bonds. The fourth-order valence-corrected chi connectivity index (χ4v) is 3.08. The third kappa shape index (κ3) is 11.9. The van der Waals surface area contributed by atoms with Gasteiger partial charge in [0.2, 0.25) is 0 Å². The predicted octanol–water partition coefficient (Wildman–Crippen LogP) is 7.40. The summed E-state index contributed by atoms with van der Waals surface area (Å²) in [6.45, 7) is 2.28. The molecule has 0 aromatic rings. The smallest absolute Gasteiger partial charge is 0.322 e. The lowest BCUT2D eigenvalue weighted by molar-refractivity contribution is 0.273. The van der Waals surface area contributed by atoms with Crippen molar-refractivity contribution in [3.8, 4) is 0 Å². The van der Waals surface area contributed by atoms with Crippen molar-refractivity contribution >= 4 is 0 Å². The van der Waals surface area contributed by atoms with Gasteiger partial charge in [-0.15, -0.1) is 0 Å². The van der Waals surface area contributed by atoms with Gasteiger partial charge in [0, 0.05) is 6.42 Å². The van der Waals surface area contributed by atoms with E-state index < -0.39 is 0 Å². The van der Waals surface area contributed by atoms with Crippen LogP contribution in [0.5, 0.6) is 0 Å². The Morgan fingerprint density at radius 3 is 1.23 bits per heavy atom. The molecule has 1 rings (SSSR count). The van der Waals surface area contributed by atoms with Crippen LogP contribution in [-0.2, 0) is 4.74 Å². The predicted molar refractivity (Wildman–Crippen MR) is 94.9 cm³/mol. The Morgan fingerprint density at radius 2 is 0.909 bits per heavy atom. The SMILES string of the molecule is CCCCCCCCCCCCCCCCCCC1=C(O)O1. The topological polar surface area (TPSA) is 32.8 Å². The van der Waals surface area contributed by atoms with Crippen molar-refractivity contribution in [1.82, 2.24) is 0 Å². The maximum Gasteiger partial charge on any atom is 0.322 e. The fraction of sp³-hybridized carbons (Fsp3) is 0.900. The van der Waals surface area contributed by atoms with Gasteiger partial charge >= 0.3 is 5.95 Å². The molecule has 0 atom stereocenters. The molecule has 0 aromatic heterocycles. The minimum Gasteiger partial charge on any atom is -0.478 e. The van der Waals surface area contributed by atoms with Crippen molar-refractivity contribution < 1.29 is 9.84 Å². The Kier molecular flexibility index (Phi) is 12.3. The Bertz CT molecular complexity index is 283. The summed E-state index contributed by atoms with van der Waals surface area (Å²) in [7, 11) is 0. The van der Waals surface area contributed by atoms with E-state index in [1.165, 1.54) is 96.3 Å². The molecular formula is C20H38O2. The molecule has 0 aliphatic carbocycles. The molecule has 0 saturated heterocycles. The summed E-state index contributed by atoms with van der Waals surface area (Å²) in [5, 5.41) is 8.91. The molecule has 1 N–H and O–H groups in total. The maximum absolute atomic E-state index is 8.91. The van der Waals surface area contributed by atoms with Gasteiger partial charge < -0.3 is 9.84 Å². The van der Waals surface area contributed by atoms with E-state index in [2.05, 4.69) is 6.92 Å². The lowest BCUT2D eigenvalue weighted by Crippen LogP contribution is -1.83. The van der Waals surface area contributed by atoms with E-state index in [9.17, 15) is 0 Å². The van der Waals surface area contributed by atoms with Crippen LogP contribution >= 0.6 is 0 Å². The van der Waals surface area contributed by atoms with Gasteiger partial charge in [-0.05, 0) is 6.42 Å². The van der Waals surface area contributed by atoms with E-state index in [1.54, 1.807) is 0 Å². The van der Waals surface area contributed by atoms with Crippen LogP contribution in [0.1, 0.15) is 116 Å². The van der Waals surface area contributed by atoms with E-state index in [1.807, 2.05) is 0 Å². The molecule has 0 unspecified atom stereocenters. The van der Waals surface area contributed by atoms with E-state index in [4.69, 9.17) is 9.84 Å². The average molecular weight is 311 g/mol. The molecule has 2 nitrogen and oxygen atoms in total. The first kappa shape index (κ1) is 19.4. The quantitative estimate of drug-likeness (QED) is 0.284. The Labute approximate surface area is 138 Å². The number of ether oxygens (including phenoxy) is 1. The zero-order chi connectivity index (χ0) is 15.9. The van der Waals surface area contributed by atoms with Crippen LogP contribution in [0.3, 0.4) is 0 Å². The zero-order valence-electron chi connectivity index (χ0n) is 14.9. The van der Waals surface area contributed by atoms with Crippen LogP contribution < -0.4 is 0 Å². The van der Waals surface area contributed by atoms with Gasteiger partial charge in [-0.3, -0.25) is 0 Å². The second-order valence-electron chi connectivity index (χ2n) is 6.88. The molecule has 0 aromatic carbocycles. The lowest BCUT2D eigenvalue weighted by atomic mass is 10.0. The third-order valence-corrected chi connectivity index (χ3v) is 4.67. The second-order valence-corrected chi connectivity index (χ2v) is 6.88. The molecule has 0 spiro atoms. The van der Waals surface area contributed by atoms with Crippen LogP contribution in [0, 0.1) is 0 Å². The van der Waals surface area contributed by atoms with Gasteiger partial charge in [0.1, 0.15) is 0 Å². The molecule has 0 bridgehead atoms. The van der Waals surface area contributed by atoms with Gasteiger partial charge in [-0.25, -0.2) is 0 Å². The van der Waals surface area contributed by atoms with E-state index in [0.717, 1.165) is 18.6 Å². The van der Waals surface area contributed by atoms with E-state index in [-0.39, 0.29) is 5.95 Å².